The number of benzene rings is 1. The molecule has 1 aromatic rings. The van der Waals surface area contributed by atoms with Crippen LogP contribution in [0.3, 0.4) is 0 Å². The summed E-state index contributed by atoms with van der Waals surface area (Å²) in [6.45, 7) is 0. The van der Waals surface area contributed by atoms with E-state index in [0.29, 0.717) is 0 Å². The number of hydrogen-bond donors (Lipinski definition) is 2. The molecule has 0 aliphatic carbocycles. The normalized spacial score (nSPS) is 11.2. The minimum Gasteiger partial charge on any atom is -0.478 e. The molecule has 0 bridgehead atoms. The standard InChI is InChI=1S/C11H9F4NO3/c12-7-3-1-2-6(10(18)19)9(7)16-8(17)4-5-11(13,14)15/h1-3H,4-5H2,(H,16,17)(H,18,19). The van der Waals surface area contributed by atoms with Crippen molar-refractivity contribution in [2.75, 3.05) is 5.32 Å². The molecular weight excluding hydrogens is 270 g/mol. The Bertz CT molecular complexity index is 499. The lowest BCUT2D eigenvalue weighted by Crippen LogP contribution is -2.19. The number of nitrogens with one attached hydrogen (secondary N) is 1. The summed E-state index contributed by atoms with van der Waals surface area (Å²) in [5.74, 6) is -3.63. The van der Waals surface area contributed by atoms with Gasteiger partial charge in [0.2, 0.25) is 5.91 Å². The molecule has 0 radical (unpaired) electrons. The van der Waals surface area contributed by atoms with Gasteiger partial charge in [-0.1, -0.05) is 6.07 Å². The molecule has 0 unspecified atom stereocenters. The van der Waals surface area contributed by atoms with Gasteiger partial charge in [0.15, 0.2) is 0 Å². The van der Waals surface area contributed by atoms with Gasteiger partial charge in [0.25, 0.3) is 0 Å². The average molecular weight is 279 g/mol. The first-order chi connectivity index (χ1) is 8.70. The first kappa shape index (κ1) is 14.9. The predicted octanol–water partition coefficient (Wildman–Crippen LogP) is 2.80. The lowest BCUT2D eigenvalue weighted by atomic mass is 10.1. The highest BCUT2D eigenvalue weighted by atomic mass is 19.4. The maximum Gasteiger partial charge on any atom is 0.389 e. The van der Waals surface area contributed by atoms with Gasteiger partial charge in [-0.25, -0.2) is 9.18 Å². The number of hydrogen-bond acceptors (Lipinski definition) is 2. The van der Waals surface area contributed by atoms with Crippen molar-refractivity contribution in [2.45, 2.75) is 19.0 Å². The first-order valence-electron chi connectivity index (χ1n) is 5.09. The van der Waals surface area contributed by atoms with E-state index in [-0.39, 0.29) is 0 Å². The molecular formula is C11H9F4NO3. The van der Waals surface area contributed by atoms with Gasteiger partial charge in [0.05, 0.1) is 17.7 Å². The van der Waals surface area contributed by atoms with Crippen LogP contribution in [0.15, 0.2) is 18.2 Å². The maximum absolute atomic E-state index is 13.3. The number of rotatable bonds is 4. The van der Waals surface area contributed by atoms with Crippen LogP contribution in [0.1, 0.15) is 23.2 Å². The number of carbonyl (C=O) groups is 2. The van der Waals surface area contributed by atoms with Gasteiger partial charge >= 0.3 is 12.1 Å². The van der Waals surface area contributed by atoms with E-state index in [9.17, 15) is 27.2 Å². The quantitative estimate of drug-likeness (QED) is 0.833. The van der Waals surface area contributed by atoms with Gasteiger partial charge in [-0.15, -0.1) is 0 Å². The molecule has 0 aliphatic rings. The van der Waals surface area contributed by atoms with Crippen molar-refractivity contribution >= 4 is 17.6 Å². The van der Waals surface area contributed by atoms with Crippen LogP contribution < -0.4 is 5.32 Å². The number of aromatic carboxylic acids is 1. The largest absolute Gasteiger partial charge is 0.478 e. The molecule has 0 fully saturated rings. The van der Waals surface area contributed by atoms with Crippen molar-refractivity contribution in [3.8, 4) is 0 Å². The number of halogens is 4. The second kappa shape index (κ2) is 5.68. The van der Waals surface area contributed by atoms with Crippen molar-refractivity contribution < 1.29 is 32.3 Å². The fraction of sp³-hybridized carbons (Fsp3) is 0.273. The van der Waals surface area contributed by atoms with Gasteiger partial charge in [0.1, 0.15) is 5.82 Å². The van der Waals surface area contributed by atoms with Crippen LogP contribution in [0.25, 0.3) is 0 Å². The Morgan fingerprint density at radius 3 is 2.42 bits per heavy atom. The van der Waals surface area contributed by atoms with E-state index in [4.69, 9.17) is 5.11 Å². The molecule has 0 aliphatic heterocycles. The Kier molecular flexibility index (Phi) is 4.47. The number of amides is 1. The third-order valence-corrected chi connectivity index (χ3v) is 2.14. The van der Waals surface area contributed by atoms with Gasteiger partial charge in [-0.05, 0) is 12.1 Å². The molecule has 1 amide bonds. The molecule has 0 saturated carbocycles. The summed E-state index contributed by atoms with van der Waals surface area (Å²) >= 11 is 0. The molecule has 1 aromatic carbocycles. The van der Waals surface area contributed by atoms with E-state index >= 15 is 0 Å². The van der Waals surface area contributed by atoms with Crippen LogP contribution in [0.2, 0.25) is 0 Å². The van der Waals surface area contributed by atoms with Crippen LogP contribution in [-0.2, 0) is 4.79 Å². The summed E-state index contributed by atoms with van der Waals surface area (Å²) in [6, 6.07) is 3.04. The van der Waals surface area contributed by atoms with Gasteiger partial charge < -0.3 is 10.4 Å². The Balaban J connectivity index is 2.82. The number of alkyl halides is 3. The summed E-state index contributed by atoms with van der Waals surface area (Å²) in [6.07, 6.45) is -6.78. The van der Waals surface area contributed by atoms with Gasteiger partial charge in [0, 0.05) is 6.42 Å². The van der Waals surface area contributed by atoms with Crippen LogP contribution in [0, 0.1) is 5.82 Å². The van der Waals surface area contributed by atoms with E-state index in [1.165, 1.54) is 0 Å². The number of carboxylic acid groups (broad SMARTS) is 1. The Labute approximate surface area is 105 Å². The molecule has 104 valence electrons. The molecule has 4 nitrogen and oxygen atoms in total. The number of anilines is 1. The summed E-state index contributed by atoms with van der Waals surface area (Å²) in [5.41, 5.74) is -1.16. The summed E-state index contributed by atoms with van der Waals surface area (Å²) in [5, 5.41) is 10.6. The Morgan fingerprint density at radius 1 is 1.26 bits per heavy atom. The lowest BCUT2D eigenvalue weighted by molar-refractivity contribution is -0.142. The SMILES string of the molecule is O=C(CCC(F)(F)F)Nc1c(F)cccc1C(=O)O. The smallest absolute Gasteiger partial charge is 0.389 e. The van der Waals surface area contributed by atoms with Crippen molar-refractivity contribution in [1.29, 1.82) is 0 Å². The summed E-state index contributed by atoms with van der Waals surface area (Å²) in [7, 11) is 0. The highest BCUT2D eigenvalue weighted by molar-refractivity contribution is 6.00. The molecule has 0 heterocycles. The second-order valence-electron chi connectivity index (χ2n) is 3.63. The van der Waals surface area contributed by atoms with E-state index in [1.54, 1.807) is 0 Å². The molecule has 0 saturated heterocycles. The molecule has 0 spiro atoms. The molecule has 8 heteroatoms. The molecule has 1 rings (SSSR count). The topological polar surface area (TPSA) is 66.4 Å². The van der Waals surface area contributed by atoms with Crippen LogP contribution in [0.5, 0.6) is 0 Å². The monoisotopic (exact) mass is 279 g/mol. The van der Waals surface area contributed by atoms with Crippen LogP contribution in [0.4, 0.5) is 23.2 Å². The third kappa shape index (κ3) is 4.57. The number of carbonyl (C=O) groups excluding carboxylic acids is 1. The van der Waals surface area contributed by atoms with E-state index < -0.39 is 48.0 Å². The zero-order valence-corrected chi connectivity index (χ0v) is 9.42. The summed E-state index contributed by atoms with van der Waals surface area (Å²) < 4.78 is 49.0. The molecule has 19 heavy (non-hydrogen) atoms. The van der Waals surface area contributed by atoms with Crippen molar-refractivity contribution in [1.82, 2.24) is 0 Å². The van der Waals surface area contributed by atoms with Crippen molar-refractivity contribution in [2.24, 2.45) is 0 Å². The Morgan fingerprint density at radius 2 is 1.89 bits per heavy atom. The van der Waals surface area contributed by atoms with E-state index in [1.807, 2.05) is 5.32 Å². The highest BCUT2D eigenvalue weighted by Crippen LogP contribution is 2.23. The van der Waals surface area contributed by atoms with Gasteiger partial charge in [-0.2, -0.15) is 13.2 Å². The van der Waals surface area contributed by atoms with Crippen LogP contribution >= 0.6 is 0 Å². The molecule has 2 N–H and O–H groups in total. The van der Waals surface area contributed by atoms with Crippen molar-refractivity contribution in [3.05, 3.63) is 29.6 Å². The van der Waals surface area contributed by atoms with Crippen LogP contribution in [-0.4, -0.2) is 23.2 Å². The van der Waals surface area contributed by atoms with E-state index in [2.05, 4.69) is 0 Å². The first-order valence-corrected chi connectivity index (χ1v) is 5.09. The minimum atomic E-state index is -4.51. The third-order valence-electron chi connectivity index (χ3n) is 2.14. The molecule has 0 aromatic heterocycles. The molecule has 0 atom stereocenters. The fourth-order valence-electron chi connectivity index (χ4n) is 1.29. The highest BCUT2D eigenvalue weighted by Gasteiger charge is 2.28. The summed E-state index contributed by atoms with van der Waals surface area (Å²) in [4.78, 5) is 22.0. The number of carboxylic acids is 1. The van der Waals surface area contributed by atoms with Gasteiger partial charge in [-0.3, -0.25) is 4.79 Å². The zero-order valence-electron chi connectivity index (χ0n) is 9.42. The Hall–Kier alpha value is -2.12. The average Bonchev–Trinajstić information content (AvgIpc) is 2.28. The lowest BCUT2D eigenvalue weighted by Gasteiger charge is -2.10. The predicted molar refractivity (Wildman–Crippen MR) is 57.3 cm³/mol. The minimum absolute atomic E-state index is 0.527. The van der Waals surface area contributed by atoms with Crippen molar-refractivity contribution in [3.63, 3.8) is 0 Å². The number of para-hydroxylation sites is 1. The van der Waals surface area contributed by atoms with E-state index in [0.717, 1.165) is 18.2 Å². The fourth-order valence-corrected chi connectivity index (χ4v) is 1.29. The maximum atomic E-state index is 13.3. The second-order valence-corrected chi connectivity index (χ2v) is 3.63. The zero-order chi connectivity index (χ0) is 14.6.